The van der Waals surface area contributed by atoms with Crippen molar-refractivity contribution in [2.45, 2.75) is 44.6 Å². The average molecular weight is 403 g/mol. The van der Waals surface area contributed by atoms with Crippen LogP contribution in [0, 0.1) is 6.92 Å². The third-order valence-corrected chi connectivity index (χ3v) is 4.74. The molecule has 0 N–H and O–H groups in total. The van der Waals surface area contributed by atoms with E-state index in [1.807, 2.05) is 37.3 Å². The zero-order valence-corrected chi connectivity index (χ0v) is 17.7. The van der Waals surface area contributed by atoms with Gasteiger partial charge in [0.1, 0.15) is 17.1 Å². The quantitative estimate of drug-likeness (QED) is 0.257. The van der Waals surface area contributed by atoms with Crippen molar-refractivity contribution in [3.05, 3.63) is 53.6 Å². The highest BCUT2D eigenvalue weighted by atomic mass is 32.2. The van der Waals surface area contributed by atoms with Crippen LogP contribution in [0.2, 0.25) is 0 Å². The van der Waals surface area contributed by atoms with E-state index in [0.717, 1.165) is 10.5 Å². The van der Waals surface area contributed by atoms with Crippen molar-refractivity contribution in [3.8, 4) is 11.5 Å². The number of hydrogen-bond donors (Lipinski definition) is 0. The fourth-order valence-electron chi connectivity index (χ4n) is 2.46. The average Bonchev–Trinajstić information content (AvgIpc) is 2.61. The number of aryl methyl sites for hydroxylation is 1. The summed E-state index contributed by atoms with van der Waals surface area (Å²) in [6.45, 7) is 7.07. The highest BCUT2D eigenvalue weighted by Crippen LogP contribution is 2.31. The molecule has 0 atom stereocenters. The van der Waals surface area contributed by atoms with E-state index in [0.29, 0.717) is 23.5 Å². The van der Waals surface area contributed by atoms with Crippen LogP contribution < -0.4 is 9.47 Å². The summed E-state index contributed by atoms with van der Waals surface area (Å²) < 4.78 is 15.9. The molecule has 6 heteroatoms. The third-order valence-electron chi connectivity index (χ3n) is 3.72. The zero-order chi connectivity index (χ0) is 20.7. The Bertz CT molecular complexity index is 825. The van der Waals surface area contributed by atoms with Crippen molar-refractivity contribution in [2.75, 3.05) is 12.9 Å². The van der Waals surface area contributed by atoms with E-state index < -0.39 is 11.8 Å². The predicted octanol–water partition coefficient (Wildman–Crippen LogP) is 5.68. The van der Waals surface area contributed by atoms with Gasteiger partial charge in [0.15, 0.2) is 5.78 Å². The molecular formula is C22H26O5S. The minimum absolute atomic E-state index is 0.125. The van der Waals surface area contributed by atoms with Crippen molar-refractivity contribution in [2.24, 2.45) is 0 Å². The Balaban J connectivity index is 2.15. The molecule has 28 heavy (non-hydrogen) atoms. The third kappa shape index (κ3) is 6.60. The van der Waals surface area contributed by atoms with Gasteiger partial charge in [0.2, 0.25) is 0 Å². The van der Waals surface area contributed by atoms with Gasteiger partial charge in [0.05, 0.1) is 12.7 Å². The number of Topliss-reactive ketones (excluding diaryl/α,β-unsaturated/α-hetero) is 1. The highest BCUT2D eigenvalue weighted by molar-refractivity contribution is 7.99. The summed E-state index contributed by atoms with van der Waals surface area (Å²) in [6.07, 6.45) is -0.541. The largest absolute Gasteiger partial charge is 0.514 e. The number of ketones is 1. The normalized spacial score (nSPS) is 11.0. The van der Waals surface area contributed by atoms with Gasteiger partial charge in [-0.3, -0.25) is 4.79 Å². The lowest BCUT2D eigenvalue weighted by Gasteiger charge is -2.20. The second-order valence-electron chi connectivity index (χ2n) is 7.22. The molecule has 2 aromatic rings. The number of hydrogen-bond acceptors (Lipinski definition) is 6. The van der Waals surface area contributed by atoms with E-state index in [1.165, 1.54) is 7.11 Å². The number of methoxy groups -OCH3 is 1. The van der Waals surface area contributed by atoms with Crippen LogP contribution in [0.5, 0.6) is 11.5 Å². The molecule has 0 saturated carbocycles. The van der Waals surface area contributed by atoms with Crippen molar-refractivity contribution in [1.82, 2.24) is 0 Å². The first-order chi connectivity index (χ1) is 13.2. The minimum atomic E-state index is -0.843. The maximum absolute atomic E-state index is 12.8. The van der Waals surface area contributed by atoms with Gasteiger partial charge in [0.25, 0.3) is 0 Å². The van der Waals surface area contributed by atoms with Gasteiger partial charge in [0, 0.05) is 17.1 Å². The summed E-state index contributed by atoms with van der Waals surface area (Å²) in [7, 11) is 1.54. The summed E-state index contributed by atoms with van der Waals surface area (Å²) in [5.74, 6) is 1.24. The number of carbonyl (C=O) groups excluding carboxylic acids is 2. The predicted molar refractivity (Wildman–Crippen MR) is 111 cm³/mol. The monoisotopic (exact) mass is 402 g/mol. The molecule has 0 unspecified atom stereocenters. The number of thioether (sulfide) groups is 1. The Labute approximate surface area is 170 Å². The molecule has 0 aliphatic rings. The smallest absolute Gasteiger partial charge is 0.496 e. The van der Waals surface area contributed by atoms with Crippen LogP contribution in [0.15, 0.2) is 47.4 Å². The topological polar surface area (TPSA) is 61.8 Å². The van der Waals surface area contributed by atoms with E-state index in [1.54, 1.807) is 44.7 Å². The van der Waals surface area contributed by atoms with E-state index in [2.05, 4.69) is 0 Å². The number of rotatable bonds is 7. The zero-order valence-electron chi connectivity index (χ0n) is 16.9. The molecule has 0 aliphatic heterocycles. The molecule has 2 aromatic carbocycles. The first kappa shape index (κ1) is 21.8. The summed E-state index contributed by atoms with van der Waals surface area (Å²) >= 11 is 1.60. The van der Waals surface area contributed by atoms with Crippen LogP contribution in [0.3, 0.4) is 0 Å². The molecule has 150 valence electrons. The van der Waals surface area contributed by atoms with Crippen LogP contribution >= 0.6 is 11.8 Å². The number of ether oxygens (including phenoxy) is 3. The van der Waals surface area contributed by atoms with Gasteiger partial charge in [-0.1, -0.05) is 18.2 Å². The van der Waals surface area contributed by atoms with Gasteiger partial charge in [-0.05, 0) is 57.5 Å². The summed E-state index contributed by atoms with van der Waals surface area (Å²) in [5.41, 5.74) is 0.382. The standard InChI is InChI=1S/C22H26O5S/c1-15-13-20(26-21(24)27-22(2,3)4)17(14-19(15)25-5)18(23)11-12-28-16-9-7-6-8-10-16/h6-10,13-14H,11-12H2,1-5H3. The van der Waals surface area contributed by atoms with Crippen molar-refractivity contribution in [1.29, 1.82) is 0 Å². The van der Waals surface area contributed by atoms with Crippen LogP contribution in [-0.4, -0.2) is 30.4 Å². The molecule has 0 aliphatic carbocycles. The maximum Gasteiger partial charge on any atom is 0.514 e. The molecule has 0 bridgehead atoms. The molecule has 0 fully saturated rings. The first-order valence-electron chi connectivity index (χ1n) is 9.00. The van der Waals surface area contributed by atoms with Gasteiger partial charge in [-0.2, -0.15) is 0 Å². The minimum Gasteiger partial charge on any atom is -0.496 e. The van der Waals surface area contributed by atoms with Crippen molar-refractivity contribution in [3.63, 3.8) is 0 Å². The SMILES string of the molecule is COc1cc(C(=O)CCSc2ccccc2)c(OC(=O)OC(C)(C)C)cc1C. The van der Waals surface area contributed by atoms with Gasteiger partial charge < -0.3 is 14.2 Å². The molecule has 2 rings (SSSR count). The molecule has 0 saturated heterocycles. The summed E-state index contributed by atoms with van der Waals surface area (Å²) in [5, 5.41) is 0. The fourth-order valence-corrected chi connectivity index (χ4v) is 3.33. The van der Waals surface area contributed by atoms with Crippen LogP contribution in [0.4, 0.5) is 4.79 Å². The Morgan fingerprint density at radius 3 is 2.32 bits per heavy atom. The molecule has 0 heterocycles. The van der Waals surface area contributed by atoms with Crippen LogP contribution in [0.1, 0.15) is 43.1 Å². The Kier molecular flexibility index (Phi) is 7.52. The number of benzene rings is 2. The molecule has 5 nitrogen and oxygen atoms in total. The first-order valence-corrected chi connectivity index (χ1v) is 9.98. The molecule has 0 aromatic heterocycles. The second-order valence-corrected chi connectivity index (χ2v) is 8.39. The van der Waals surface area contributed by atoms with Gasteiger partial charge in [-0.25, -0.2) is 4.79 Å². The molecule has 0 spiro atoms. The van der Waals surface area contributed by atoms with E-state index in [-0.39, 0.29) is 11.5 Å². The van der Waals surface area contributed by atoms with E-state index >= 15 is 0 Å². The Hall–Kier alpha value is -2.47. The Morgan fingerprint density at radius 2 is 1.71 bits per heavy atom. The fraction of sp³-hybridized carbons (Fsp3) is 0.364. The summed E-state index contributed by atoms with van der Waals surface area (Å²) in [6, 6.07) is 13.1. The van der Waals surface area contributed by atoms with E-state index in [9.17, 15) is 9.59 Å². The van der Waals surface area contributed by atoms with Crippen LogP contribution in [-0.2, 0) is 4.74 Å². The van der Waals surface area contributed by atoms with Crippen molar-refractivity contribution < 1.29 is 23.8 Å². The lowest BCUT2D eigenvalue weighted by Crippen LogP contribution is -2.26. The summed E-state index contributed by atoms with van der Waals surface area (Å²) in [4.78, 5) is 26.0. The van der Waals surface area contributed by atoms with Gasteiger partial charge >= 0.3 is 6.16 Å². The molecule has 0 amide bonds. The van der Waals surface area contributed by atoms with Gasteiger partial charge in [-0.15, -0.1) is 11.8 Å². The maximum atomic E-state index is 12.8. The second kappa shape index (κ2) is 9.64. The lowest BCUT2D eigenvalue weighted by molar-refractivity contribution is 0.0205. The lowest BCUT2D eigenvalue weighted by atomic mass is 10.0. The van der Waals surface area contributed by atoms with E-state index in [4.69, 9.17) is 14.2 Å². The van der Waals surface area contributed by atoms with Crippen molar-refractivity contribution >= 4 is 23.7 Å². The van der Waals surface area contributed by atoms with Crippen LogP contribution in [0.25, 0.3) is 0 Å². The Morgan fingerprint density at radius 1 is 1.04 bits per heavy atom. The highest BCUT2D eigenvalue weighted by Gasteiger charge is 2.22. The molecule has 0 radical (unpaired) electrons. The molecular weight excluding hydrogens is 376 g/mol. The number of carbonyl (C=O) groups is 2.